The predicted molar refractivity (Wildman–Crippen MR) is 73.7 cm³/mol. The molecule has 1 aromatic heterocycles. The van der Waals surface area contributed by atoms with Crippen LogP contribution >= 0.6 is 0 Å². The Hall–Kier alpha value is -3.07. The second-order valence-electron chi connectivity index (χ2n) is 4.19. The fourth-order valence-electron chi connectivity index (χ4n) is 1.81. The number of para-hydroxylation sites is 1. The Balaban J connectivity index is 2.51. The average molecular weight is 284 g/mol. The maximum absolute atomic E-state index is 11.3. The maximum Gasteiger partial charge on any atom is 0.339 e. The lowest BCUT2D eigenvalue weighted by Gasteiger charge is -2.12. The highest BCUT2D eigenvalue weighted by Crippen LogP contribution is 2.34. The highest BCUT2D eigenvalue weighted by molar-refractivity contribution is 5.92. The van der Waals surface area contributed by atoms with Gasteiger partial charge < -0.3 is 14.6 Å². The Kier molecular flexibility index (Phi) is 4.05. The third-order valence-corrected chi connectivity index (χ3v) is 2.69. The SMILES string of the molecule is COc1cccc(C(=O)O)c1Oc1cc(C#N)cc(C)n1. The lowest BCUT2D eigenvalue weighted by atomic mass is 10.2. The van der Waals surface area contributed by atoms with Crippen molar-refractivity contribution in [3.63, 3.8) is 0 Å². The van der Waals surface area contributed by atoms with E-state index in [2.05, 4.69) is 4.98 Å². The summed E-state index contributed by atoms with van der Waals surface area (Å²) in [6.07, 6.45) is 0. The molecule has 0 radical (unpaired) electrons. The molecule has 0 spiro atoms. The van der Waals surface area contributed by atoms with Gasteiger partial charge in [0.25, 0.3) is 0 Å². The predicted octanol–water partition coefficient (Wildman–Crippen LogP) is 2.76. The smallest absolute Gasteiger partial charge is 0.339 e. The van der Waals surface area contributed by atoms with E-state index >= 15 is 0 Å². The van der Waals surface area contributed by atoms with E-state index in [9.17, 15) is 9.90 Å². The van der Waals surface area contributed by atoms with Crippen LogP contribution in [-0.4, -0.2) is 23.2 Å². The number of aryl methyl sites for hydroxylation is 1. The van der Waals surface area contributed by atoms with Crippen molar-refractivity contribution in [1.82, 2.24) is 4.98 Å². The molecule has 1 aromatic carbocycles. The molecule has 1 heterocycles. The Bertz CT molecular complexity index is 735. The molecule has 0 unspecified atom stereocenters. The van der Waals surface area contributed by atoms with E-state index in [1.54, 1.807) is 25.1 Å². The lowest BCUT2D eigenvalue weighted by Crippen LogP contribution is -2.03. The number of aromatic nitrogens is 1. The summed E-state index contributed by atoms with van der Waals surface area (Å²) in [7, 11) is 1.41. The van der Waals surface area contributed by atoms with Gasteiger partial charge >= 0.3 is 5.97 Å². The molecule has 0 aliphatic heterocycles. The number of rotatable bonds is 4. The van der Waals surface area contributed by atoms with Gasteiger partial charge in [0.15, 0.2) is 11.5 Å². The number of benzene rings is 1. The van der Waals surface area contributed by atoms with Gasteiger partial charge in [-0.1, -0.05) is 6.07 Å². The van der Waals surface area contributed by atoms with Crippen molar-refractivity contribution in [1.29, 1.82) is 5.26 Å². The quantitative estimate of drug-likeness (QED) is 0.928. The zero-order chi connectivity index (χ0) is 15.4. The number of hydrogen-bond donors (Lipinski definition) is 1. The summed E-state index contributed by atoms with van der Waals surface area (Å²) in [6.45, 7) is 1.72. The van der Waals surface area contributed by atoms with Crippen LogP contribution in [0.15, 0.2) is 30.3 Å². The topological polar surface area (TPSA) is 92.4 Å². The molecule has 0 saturated carbocycles. The highest BCUT2D eigenvalue weighted by Gasteiger charge is 2.18. The van der Waals surface area contributed by atoms with E-state index in [-0.39, 0.29) is 22.9 Å². The highest BCUT2D eigenvalue weighted by atomic mass is 16.5. The van der Waals surface area contributed by atoms with Gasteiger partial charge in [-0.3, -0.25) is 0 Å². The first-order valence-corrected chi connectivity index (χ1v) is 6.02. The van der Waals surface area contributed by atoms with Gasteiger partial charge in [-0.15, -0.1) is 0 Å². The molecule has 21 heavy (non-hydrogen) atoms. The number of nitrogens with zero attached hydrogens (tertiary/aromatic N) is 2. The number of carboxylic acid groups (broad SMARTS) is 1. The summed E-state index contributed by atoms with van der Waals surface area (Å²) in [4.78, 5) is 15.4. The molecule has 6 heteroatoms. The molecule has 0 fully saturated rings. The number of ether oxygens (including phenoxy) is 2. The normalized spacial score (nSPS) is 9.76. The minimum absolute atomic E-state index is 0.0452. The molecule has 0 amide bonds. The molecule has 0 bridgehead atoms. The molecular formula is C15H12N2O4. The minimum atomic E-state index is -1.14. The van der Waals surface area contributed by atoms with E-state index < -0.39 is 5.97 Å². The van der Waals surface area contributed by atoms with Crippen molar-refractivity contribution < 1.29 is 19.4 Å². The summed E-state index contributed by atoms with van der Waals surface area (Å²) in [6, 6.07) is 9.58. The standard InChI is InChI=1S/C15H12N2O4/c1-9-6-10(8-16)7-13(17-9)21-14-11(15(18)19)4-3-5-12(14)20-2/h3-7H,1-2H3,(H,18,19). The fourth-order valence-corrected chi connectivity index (χ4v) is 1.81. The van der Waals surface area contributed by atoms with E-state index in [0.29, 0.717) is 11.3 Å². The van der Waals surface area contributed by atoms with Crippen molar-refractivity contribution in [2.75, 3.05) is 7.11 Å². The molecule has 2 rings (SSSR count). The number of hydrogen-bond acceptors (Lipinski definition) is 5. The molecule has 0 saturated heterocycles. The van der Waals surface area contributed by atoms with Crippen LogP contribution in [0.3, 0.4) is 0 Å². The van der Waals surface area contributed by atoms with Crippen molar-refractivity contribution in [2.45, 2.75) is 6.92 Å². The van der Waals surface area contributed by atoms with Gasteiger partial charge in [0.1, 0.15) is 5.56 Å². The number of nitriles is 1. The van der Waals surface area contributed by atoms with Crippen LogP contribution < -0.4 is 9.47 Å². The van der Waals surface area contributed by atoms with Crippen LogP contribution in [0.2, 0.25) is 0 Å². The third-order valence-electron chi connectivity index (χ3n) is 2.69. The van der Waals surface area contributed by atoms with Crippen LogP contribution in [0.1, 0.15) is 21.6 Å². The largest absolute Gasteiger partial charge is 0.493 e. The number of methoxy groups -OCH3 is 1. The van der Waals surface area contributed by atoms with Gasteiger partial charge in [-0.2, -0.15) is 5.26 Å². The number of carboxylic acids is 1. The zero-order valence-corrected chi connectivity index (χ0v) is 11.5. The summed E-state index contributed by atoms with van der Waals surface area (Å²) < 4.78 is 10.7. The molecule has 0 aliphatic rings. The first-order valence-electron chi connectivity index (χ1n) is 6.02. The number of aromatic carboxylic acids is 1. The molecule has 0 atom stereocenters. The summed E-state index contributed by atoms with van der Waals surface area (Å²) in [5.74, 6) is -0.679. The average Bonchev–Trinajstić information content (AvgIpc) is 2.46. The second-order valence-corrected chi connectivity index (χ2v) is 4.19. The Labute approximate surface area is 121 Å². The Morgan fingerprint density at radius 3 is 2.76 bits per heavy atom. The third kappa shape index (κ3) is 3.09. The first-order chi connectivity index (χ1) is 10.0. The number of pyridine rings is 1. The molecule has 0 aliphatic carbocycles. The Morgan fingerprint density at radius 2 is 2.14 bits per heavy atom. The van der Waals surface area contributed by atoms with Gasteiger partial charge in [0, 0.05) is 11.8 Å². The fraction of sp³-hybridized carbons (Fsp3) is 0.133. The van der Waals surface area contributed by atoms with E-state index in [1.165, 1.54) is 19.2 Å². The lowest BCUT2D eigenvalue weighted by molar-refractivity contribution is 0.0693. The number of carbonyl (C=O) groups is 1. The molecule has 106 valence electrons. The molecule has 6 nitrogen and oxygen atoms in total. The molecule has 1 N–H and O–H groups in total. The van der Waals surface area contributed by atoms with Crippen LogP contribution in [0, 0.1) is 18.3 Å². The van der Waals surface area contributed by atoms with Crippen LogP contribution in [0.4, 0.5) is 0 Å². The molecular weight excluding hydrogens is 272 g/mol. The van der Waals surface area contributed by atoms with Crippen LogP contribution in [0.25, 0.3) is 0 Å². The van der Waals surface area contributed by atoms with Gasteiger partial charge in [0.2, 0.25) is 5.88 Å². The molecule has 2 aromatic rings. The summed E-state index contributed by atoms with van der Waals surface area (Å²) in [5.41, 5.74) is 0.927. The van der Waals surface area contributed by atoms with E-state index in [4.69, 9.17) is 14.7 Å². The minimum Gasteiger partial charge on any atom is -0.493 e. The maximum atomic E-state index is 11.3. The van der Waals surface area contributed by atoms with Crippen LogP contribution in [-0.2, 0) is 0 Å². The summed E-state index contributed by atoms with van der Waals surface area (Å²) >= 11 is 0. The van der Waals surface area contributed by atoms with Crippen molar-refractivity contribution in [3.8, 4) is 23.4 Å². The summed E-state index contributed by atoms with van der Waals surface area (Å²) in [5, 5.41) is 18.2. The van der Waals surface area contributed by atoms with E-state index in [1.807, 2.05) is 6.07 Å². The second kappa shape index (κ2) is 5.92. The monoisotopic (exact) mass is 284 g/mol. The first kappa shape index (κ1) is 14.3. The zero-order valence-electron chi connectivity index (χ0n) is 11.5. The van der Waals surface area contributed by atoms with Crippen molar-refractivity contribution >= 4 is 5.97 Å². The van der Waals surface area contributed by atoms with E-state index in [0.717, 1.165) is 0 Å². The van der Waals surface area contributed by atoms with Gasteiger partial charge in [-0.05, 0) is 25.1 Å². The van der Waals surface area contributed by atoms with Crippen LogP contribution in [0.5, 0.6) is 17.4 Å². The van der Waals surface area contributed by atoms with Crippen molar-refractivity contribution in [2.24, 2.45) is 0 Å². The van der Waals surface area contributed by atoms with Gasteiger partial charge in [0.05, 0.1) is 18.7 Å². The van der Waals surface area contributed by atoms with Crippen molar-refractivity contribution in [3.05, 3.63) is 47.2 Å². The van der Waals surface area contributed by atoms with Gasteiger partial charge in [-0.25, -0.2) is 9.78 Å². The Morgan fingerprint density at radius 1 is 1.38 bits per heavy atom.